The van der Waals surface area contributed by atoms with Crippen LogP contribution in [-0.2, 0) is 14.3 Å². The van der Waals surface area contributed by atoms with Crippen LogP contribution in [0.2, 0.25) is 0 Å². The van der Waals surface area contributed by atoms with Gasteiger partial charge in [-0.25, -0.2) is 0 Å². The zero-order valence-corrected chi connectivity index (χ0v) is 60.3. The summed E-state index contributed by atoms with van der Waals surface area (Å²) in [5.74, 6) is -0.00436. The van der Waals surface area contributed by atoms with E-state index in [-0.39, 0.29) is 18.5 Å². The van der Waals surface area contributed by atoms with Gasteiger partial charge in [0, 0.05) is 12.8 Å². The van der Waals surface area contributed by atoms with Crippen molar-refractivity contribution < 1.29 is 24.5 Å². The molecule has 0 spiro atoms. The third-order valence-corrected chi connectivity index (χ3v) is 19.6. The first kappa shape index (κ1) is 86.6. The third-order valence-electron chi connectivity index (χ3n) is 19.6. The molecule has 0 aromatic heterocycles. The minimum absolute atomic E-state index is 0.0202. The molecule has 0 fully saturated rings. The Labute approximate surface area is 552 Å². The fourth-order valence-corrected chi connectivity index (χ4v) is 13.3. The van der Waals surface area contributed by atoms with Crippen molar-refractivity contribution in [3.8, 4) is 0 Å². The highest BCUT2D eigenvalue weighted by atomic mass is 16.5. The molecule has 0 saturated carbocycles. The van der Waals surface area contributed by atoms with Gasteiger partial charge in [-0.05, 0) is 51.4 Å². The monoisotopic (exact) mass is 1240 g/mol. The summed E-state index contributed by atoms with van der Waals surface area (Å²) in [4.78, 5) is 24.7. The summed E-state index contributed by atoms with van der Waals surface area (Å²) in [6.07, 6.45) is 98.9. The van der Waals surface area contributed by atoms with Gasteiger partial charge in [0.25, 0.3) is 0 Å². The smallest absolute Gasteiger partial charge is 0.305 e. The molecule has 0 aliphatic heterocycles. The summed E-state index contributed by atoms with van der Waals surface area (Å²) < 4.78 is 5.52. The van der Waals surface area contributed by atoms with Crippen molar-refractivity contribution in [2.45, 2.75) is 488 Å². The number of unbranched alkanes of at least 4 members (excludes halogenated alkanes) is 65. The first-order valence-corrected chi connectivity index (χ1v) is 40.9. The Balaban J connectivity index is 3.31. The predicted octanol–water partition coefficient (Wildman–Crippen LogP) is 27.1. The second kappa shape index (κ2) is 78.0. The standard InChI is InChI=1S/C82H161NO5/c1-3-5-7-9-11-13-15-17-19-21-23-39-42-46-50-54-58-62-66-70-74-80(85)79(78-84)83-81(86)75-71-67-63-59-55-51-47-43-40-37-35-33-31-29-27-25-24-26-28-30-32-34-36-38-41-45-49-53-57-61-65-69-73-77-88-82(87)76-72-68-64-60-56-52-48-44-22-20-18-16-14-12-10-8-6-4-2/h20,22,79-80,84-85H,3-19,21,23-78H2,1-2H3,(H,83,86)/b22-20-. The highest BCUT2D eigenvalue weighted by molar-refractivity contribution is 5.76. The van der Waals surface area contributed by atoms with Crippen LogP contribution in [0.1, 0.15) is 476 Å². The molecule has 2 unspecified atom stereocenters. The Kier molecular flexibility index (Phi) is 76.8. The highest BCUT2D eigenvalue weighted by Crippen LogP contribution is 2.21. The maximum absolute atomic E-state index is 12.6. The second-order valence-electron chi connectivity index (χ2n) is 28.5. The van der Waals surface area contributed by atoms with Crippen molar-refractivity contribution >= 4 is 11.9 Å². The van der Waals surface area contributed by atoms with E-state index in [0.29, 0.717) is 25.9 Å². The van der Waals surface area contributed by atoms with Gasteiger partial charge in [-0.2, -0.15) is 0 Å². The van der Waals surface area contributed by atoms with Crippen molar-refractivity contribution in [2.75, 3.05) is 13.2 Å². The lowest BCUT2D eigenvalue weighted by Gasteiger charge is -2.22. The van der Waals surface area contributed by atoms with Gasteiger partial charge < -0.3 is 20.3 Å². The van der Waals surface area contributed by atoms with Crippen molar-refractivity contribution in [1.82, 2.24) is 5.32 Å². The van der Waals surface area contributed by atoms with Crippen molar-refractivity contribution in [2.24, 2.45) is 0 Å². The molecule has 0 bridgehead atoms. The van der Waals surface area contributed by atoms with E-state index in [9.17, 15) is 19.8 Å². The van der Waals surface area contributed by atoms with Gasteiger partial charge in [-0.3, -0.25) is 9.59 Å². The lowest BCUT2D eigenvalue weighted by atomic mass is 10.0. The van der Waals surface area contributed by atoms with Crippen LogP contribution in [0.5, 0.6) is 0 Å². The van der Waals surface area contributed by atoms with Crippen LogP contribution in [0.25, 0.3) is 0 Å². The molecule has 0 radical (unpaired) electrons. The molecule has 0 saturated heterocycles. The van der Waals surface area contributed by atoms with E-state index in [1.165, 1.54) is 405 Å². The van der Waals surface area contributed by atoms with Crippen LogP contribution in [0.4, 0.5) is 0 Å². The Morgan fingerprint density at radius 3 is 0.807 bits per heavy atom. The van der Waals surface area contributed by atoms with E-state index in [1.54, 1.807) is 0 Å². The predicted molar refractivity (Wildman–Crippen MR) is 389 cm³/mol. The summed E-state index contributed by atoms with van der Waals surface area (Å²) in [6, 6.07) is -0.538. The number of aliphatic hydroxyl groups is 2. The van der Waals surface area contributed by atoms with E-state index in [1.807, 2.05) is 0 Å². The van der Waals surface area contributed by atoms with Crippen molar-refractivity contribution in [3.63, 3.8) is 0 Å². The van der Waals surface area contributed by atoms with Gasteiger partial charge in [-0.1, -0.05) is 424 Å². The van der Waals surface area contributed by atoms with Crippen LogP contribution >= 0.6 is 0 Å². The fourth-order valence-electron chi connectivity index (χ4n) is 13.3. The van der Waals surface area contributed by atoms with E-state index < -0.39 is 12.1 Å². The molecular formula is C82H161NO5. The molecule has 0 rings (SSSR count). The van der Waals surface area contributed by atoms with Crippen LogP contribution in [0.15, 0.2) is 12.2 Å². The molecule has 2 atom stereocenters. The molecule has 1 amide bonds. The molecule has 0 aromatic carbocycles. The Bertz CT molecular complexity index is 1340. The van der Waals surface area contributed by atoms with E-state index in [4.69, 9.17) is 4.74 Å². The Morgan fingerprint density at radius 2 is 0.534 bits per heavy atom. The number of carbonyl (C=O) groups excluding carboxylic acids is 2. The molecule has 0 aliphatic carbocycles. The first-order valence-electron chi connectivity index (χ1n) is 40.9. The molecule has 88 heavy (non-hydrogen) atoms. The number of allylic oxidation sites excluding steroid dienone is 2. The maximum Gasteiger partial charge on any atom is 0.305 e. The van der Waals surface area contributed by atoms with Crippen LogP contribution < -0.4 is 5.32 Å². The first-order chi connectivity index (χ1) is 43.5. The zero-order chi connectivity index (χ0) is 63.5. The molecule has 6 heteroatoms. The normalized spacial score (nSPS) is 12.5. The molecular weight excluding hydrogens is 1080 g/mol. The molecule has 0 aliphatic rings. The number of rotatable bonds is 78. The maximum atomic E-state index is 12.6. The highest BCUT2D eigenvalue weighted by Gasteiger charge is 2.20. The third kappa shape index (κ3) is 73.6. The van der Waals surface area contributed by atoms with Gasteiger partial charge in [-0.15, -0.1) is 0 Å². The number of hydrogen-bond donors (Lipinski definition) is 3. The summed E-state index contributed by atoms with van der Waals surface area (Å²) in [5, 5.41) is 23.5. The number of esters is 1. The largest absolute Gasteiger partial charge is 0.466 e. The van der Waals surface area contributed by atoms with E-state index in [2.05, 4.69) is 31.3 Å². The summed E-state index contributed by atoms with van der Waals surface area (Å²) in [5.41, 5.74) is 0. The second-order valence-corrected chi connectivity index (χ2v) is 28.5. The van der Waals surface area contributed by atoms with Crippen LogP contribution in [0.3, 0.4) is 0 Å². The molecule has 6 nitrogen and oxygen atoms in total. The Hall–Kier alpha value is -1.40. The van der Waals surface area contributed by atoms with Crippen molar-refractivity contribution in [3.05, 3.63) is 12.2 Å². The molecule has 524 valence electrons. The fraction of sp³-hybridized carbons (Fsp3) is 0.951. The average molecular weight is 1240 g/mol. The molecule has 3 N–H and O–H groups in total. The molecule has 0 heterocycles. The average Bonchev–Trinajstić information content (AvgIpc) is 3.58. The number of aliphatic hydroxyl groups excluding tert-OH is 2. The quantitative estimate of drug-likeness (QED) is 0.0320. The SMILES string of the molecule is CCCCCCCCC/C=C\CCCCCCCCCC(=O)OCCCCCCCCCCCCCCCCCCCCCCCCCCCCCCCCCCCC(=O)NC(CO)C(O)CCCCCCCCCCCCCCCCCCCCCC. The Morgan fingerprint density at radius 1 is 0.307 bits per heavy atom. The van der Waals surface area contributed by atoms with Crippen LogP contribution in [0, 0.1) is 0 Å². The minimum Gasteiger partial charge on any atom is -0.466 e. The van der Waals surface area contributed by atoms with Gasteiger partial charge in [0.15, 0.2) is 0 Å². The number of carbonyl (C=O) groups is 2. The van der Waals surface area contributed by atoms with E-state index >= 15 is 0 Å². The number of amides is 1. The molecule has 0 aromatic rings. The number of hydrogen-bond acceptors (Lipinski definition) is 5. The van der Waals surface area contributed by atoms with Gasteiger partial charge in [0.1, 0.15) is 0 Å². The van der Waals surface area contributed by atoms with E-state index in [0.717, 1.165) is 38.5 Å². The summed E-state index contributed by atoms with van der Waals surface area (Å²) in [7, 11) is 0. The zero-order valence-electron chi connectivity index (χ0n) is 60.3. The number of ether oxygens (including phenoxy) is 1. The van der Waals surface area contributed by atoms with Gasteiger partial charge >= 0.3 is 5.97 Å². The minimum atomic E-state index is -0.661. The summed E-state index contributed by atoms with van der Waals surface area (Å²) in [6.45, 7) is 5.01. The van der Waals surface area contributed by atoms with Gasteiger partial charge in [0.05, 0.1) is 25.4 Å². The topological polar surface area (TPSA) is 95.9 Å². The van der Waals surface area contributed by atoms with Crippen molar-refractivity contribution in [1.29, 1.82) is 0 Å². The summed E-state index contributed by atoms with van der Waals surface area (Å²) >= 11 is 0. The van der Waals surface area contributed by atoms with Crippen LogP contribution in [-0.4, -0.2) is 47.4 Å². The van der Waals surface area contributed by atoms with Gasteiger partial charge in [0.2, 0.25) is 5.91 Å². The lowest BCUT2D eigenvalue weighted by Crippen LogP contribution is -2.45. The number of nitrogens with one attached hydrogen (secondary N) is 1. The lowest BCUT2D eigenvalue weighted by molar-refractivity contribution is -0.143.